The Balaban J connectivity index is 2.85. The van der Waals surface area contributed by atoms with E-state index in [9.17, 15) is 13.2 Å². The predicted octanol–water partition coefficient (Wildman–Crippen LogP) is 3.50. The predicted molar refractivity (Wildman–Crippen MR) is 87.8 cm³/mol. The van der Waals surface area contributed by atoms with Crippen molar-refractivity contribution in [1.29, 1.82) is 0 Å². The highest BCUT2D eigenvalue weighted by atomic mass is 79.9. The van der Waals surface area contributed by atoms with E-state index in [4.69, 9.17) is 9.84 Å². The van der Waals surface area contributed by atoms with Gasteiger partial charge in [0.25, 0.3) is 0 Å². The van der Waals surface area contributed by atoms with Crippen LogP contribution >= 0.6 is 31.9 Å². The number of carboxylic acid groups (broad SMARTS) is 1. The van der Waals surface area contributed by atoms with Gasteiger partial charge in [0.1, 0.15) is 12.4 Å². The van der Waals surface area contributed by atoms with Crippen LogP contribution in [0.3, 0.4) is 0 Å². The third-order valence-corrected chi connectivity index (χ3v) is 6.52. The summed E-state index contributed by atoms with van der Waals surface area (Å²) in [6, 6.07) is 2.81. The van der Waals surface area contributed by atoms with Gasteiger partial charge in [0.2, 0.25) is 0 Å². The van der Waals surface area contributed by atoms with Crippen molar-refractivity contribution in [3.05, 3.63) is 26.6 Å². The van der Waals surface area contributed by atoms with E-state index >= 15 is 0 Å². The van der Waals surface area contributed by atoms with E-state index in [1.54, 1.807) is 20.8 Å². The van der Waals surface area contributed by atoms with Crippen LogP contribution in [0.1, 0.15) is 31.1 Å². The standard InChI is InChI=1S/C13H16Br2O5S/c1-13(2,3)21(18,19)5-4-20-11-9(14)6-8(12(16)17)7-10(11)15/h6-7H,4-5H2,1-3H3,(H,16,17). The third kappa shape index (κ3) is 4.69. The molecule has 0 aliphatic heterocycles. The van der Waals surface area contributed by atoms with Gasteiger partial charge < -0.3 is 9.84 Å². The van der Waals surface area contributed by atoms with Crippen LogP contribution in [0.25, 0.3) is 0 Å². The normalized spacial score (nSPS) is 12.2. The summed E-state index contributed by atoms with van der Waals surface area (Å²) < 4.78 is 29.5. The first kappa shape index (κ1) is 18.4. The molecule has 0 fully saturated rings. The molecule has 0 amide bonds. The maximum atomic E-state index is 12.0. The minimum Gasteiger partial charge on any atom is -0.490 e. The Morgan fingerprint density at radius 3 is 2.10 bits per heavy atom. The van der Waals surface area contributed by atoms with Crippen molar-refractivity contribution in [2.45, 2.75) is 25.5 Å². The van der Waals surface area contributed by atoms with Gasteiger partial charge in [-0.3, -0.25) is 0 Å². The molecule has 0 saturated carbocycles. The number of hydrogen-bond donors (Lipinski definition) is 1. The summed E-state index contributed by atoms with van der Waals surface area (Å²) in [4.78, 5) is 10.9. The van der Waals surface area contributed by atoms with Gasteiger partial charge in [-0.2, -0.15) is 0 Å². The van der Waals surface area contributed by atoms with Gasteiger partial charge in [-0.25, -0.2) is 13.2 Å². The second-order valence-corrected chi connectivity index (χ2v) is 9.93. The largest absolute Gasteiger partial charge is 0.490 e. The number of ether oxygens (including phenoxy) is 1. The van der Waals surface area contributed by atoms with Gasteiger partial charge in [-0.15, -0.1) is 0 Å². The molecule has 1 aromatic rings. The van der Waals surface area contributed by atoms with Crippen molar-refractivity contribution >= 4 is 47.7 Å². The zero-order chi connectivity index (χ0) is 16.4. The lowest BCUT2D eigenvalue weighted by molar-refractivity contribution is 0.0696. The molecule has 0 unspecified atom stereocenters. The Kier molecular flexibility index (Phi) is 5.85. The zero-order valence-electron chi connectivity index (χ0n) is 11.8. The van der Waals surface area contributed by atoms with Crippen molar-refractivity contribution in [2.75, 3.05) is 12.4 Å². The fourth-order valence-electron chi connectivity index (χ4n) is 1.38. The van der Waals surface area contributed by atoms with Crippen molar-refractivity contribution in [3.8, 4) is 5.75 Å². The summed E-state index contributed by atoms with van der Waals surface area (Å²) in [6.07, 6.45) is 0. The molecule has 118 valence electrons. The minimum absolute atomic E-state index is 0.0107. The van der Waals surface area contributed by atoms with Gasteiger partial charge in [-0.05, 0) is 64.8 Å². The molecule has 8 heteroatoms. The van der Waals surface area contributed by atoms with Gasteiger partial charge in [0.05, 0.1) is 25.0 Å². The fourth-order valence-corrected chi connectivity index (χ4v) is 3.71. The van der Waals surface area contributed by atoms with Gasteiger partial charge >= 0.3 is 5.97 Å². The second-order valence-electron chi connectivity index (χ2n) is 5.35. The molecule has 0 atom stereocenters. The van der Waals surface area contributed by atoms with Crippen molar-refractivity contribution < 1.29 is 23.1 Å². The van der Waals surface area contributed by atoms with E-state index < -0.39 is 20.6 Å². The number of rotatable bonds is 5. The summed E-state index contributed by atoms with van der Waals surface area (Å²) >= 11 is 6.44. The molecule has 1 rings (SSSR count). The Morgan fingerprint density at radius 2 is 1.71 bits per heavy atom. The van der Waals surface area contributed by atoms with E-state index in [1.807, 2.05) is 0 Å². The van der Waals surface area contributed by atoms with E-state index in [1.165, 1.54) is 12.1 Å². The first-order valence-electron chi connectivity index (χ1n) is 6.03. The number of aromatic carboxylic acids is 1. The smallest absolute Gasteiger partial charge is 0.335 e. The summed E-state index contributed by atoms with van der Waals surface area (Å²) in [6.45, 7) is 4.89. The quantitative estimate of drug-likeness (QED) is 0.753. The van der Waals surface area contributed by atoms with Gasteiger partial charge in [-0.1, -0.05) is 0 Å². The molecule has 1 N–H and O–H groups in total. The van der Waals surface area contributed by atoms with Crippen LogP contribution in [0.5, 0.6) is 5.75 Å². The molecule has 0 aromatic heterocycles. The fraction of sp³-hybridized carbons (Fsp3) is 0.462. The first-order valence-corrected chi connectivity index (χ1v) is 9.27. The lowest BCUT2D eigenvalue weighted by Gasteiger charge is -2.19. The molecule has 0 bridgehead atoms. The number of carboxylic acids is 1. The molecule has 0 saturated heterocycles. The molecule has 0 radical (unpaired) electrons. The number of hydrogen-bond acceptors (Lipinski definition) is 4. The minimum atomic E-state index is -3.26. The number of sulfone groups is 1. The topological polar surface area (TPSA) is 80.7 Å². The molecule has 21 heavy (non-hydrogen) atoms. The second kappa shape index (κ2) is 6.66. The lowest BCUT2D eigenvalue weighted by atomic mass is 10.2. The number of carbonyl (C=O) groups is 1. The molecule has 0 spiro atoms. The molecule has 0 heterocycles. The zero-order valence-corrected chi connectivity index (χ0v) is 15.8. The lowest BCUT2D eigenvalue weighted by Crippen LogP contribution is -2.32. The summed E-state index contributed by atoms with van der Waals surface area (Å²) in [5.41, 5.74) is 0.100. The van der Waals surface area contributed by atoms with Crippen molar-refractivity contribution in [1.82, 2.24) is 0 Å². The molecular formula is C13H16Br2O5S. The van der Waals surface area contributed by atoms with Gasteiger partial charge in [0.15, 0.2) is 9.84 Å². The highest BCUT2D eigenvalue weighted by molar-refractivity contribution is 9.11. The molecule has 0 aliphatic carbocycles. The van der Waals surface area contributed by atoms with Crippen LogP contribution in [0.15, 0.2) is 21.1 Å². The Labute approximate surface area is 140 Å². The van der Waals surface area contributed by atoms with E-state index in [2.05, 4.69) is 31.9 Å². The Morgan fingerprint density at radius 1 is 1.24 bits per heavy atom. The van der Waals surface area contributed by atoms with E-state index in [0.717, 1.165) is 0 Å². The van der Waals surface area contributed by atoms with Crippen LogP contribution < -0.4 is 4.74 Å². The maximum absolute atomic E-state index is 12.0. The van der Waals surface area contributed by atoms with E-state index in [0.29, 0.717) is 14.7 Å². The summed E-state index contributed by atoms with van der Waals surface area (Å²) in [5.74, 6) is -0.793. The SMILES string of the molecule is CC(C)(C)S(=O)(=O)CCOc1c(Br)cc(C(=O)O)cc1Br. The van der Waals surface area contributed by atoms with Crippen LogP contribution in [0, 0.1) is 0 Å². The highest BCUT2D eigenvalue weighted by Crippen LogP contribution is 2.35. The molecule has 1 aromatic carbocycles. The molecule has 0 aliphatic rings. The Bertz CT molecular complexity index is 624. The van der Waals surface area contributed by atoms with Crippen LogP contribution in [0.4, 0.5) is 0 Å². The summed E-state index contributed by atoms with van der Waals surface area (Å²) in [7, 11) is -3.26. The average molecular weight is 444 g/mol. The summed E-state index contributed by atoms with van der Waals surface area (Å²) in [5, 5.41) is 8.94. The maximum Gasteiger partial charge on any atom is 0.335 e. The highest BCUT2D eigenvalue weighted by Gasteiger charge is 2.28. The van der Waals surface area contributed by atoms with E-state index in [-0.39, 0.29) is 17.9 Å². The molecular weight excluding hydrogens is 428 g/mol. The first-order chi connectivity index (χ1) is 9.45. The van der Waals surface area contributed by atoms with Crippen molar-refractivity contribution in [3.63, 3.8) is 0 Å². The third-order valence-electron chi connectivity index (χ3n) is 2.78. The monoisotopic (exact) mass is 442 g/mol. The van der Waals surface area contributed by atoms with Crippen molar-refractivity contribution in [2.24, 2.45) is 0 Å². The Hall–Kier alpha value is -0.600. The van der Waals surface area contributed by atoms with Crippen LogP contribution in [-0.2, 0) is 9.84 Å². The molecule has 5 nitrogen and oxygen atoms in total. The van der Waals surface area contributed by atoms with Crippen LogP contribution in [-0.4, -0.2) is 36.6 Å². The van der Waals surface area contributed by atoms with Crippen LogP contribution in [0.2, 0.25) is 0 Å². The van der Waals surface area contributed by atoms with Gasteiger partial charge in [0, 0.05) is 0 Å². The average Bonchev–Trinajstić information content (AvgIpc) is 2.30. The number of benzene rings is 1. The number of halogens is 2.